The first kappa shape index (κ1) is 20.1. The van der Waals surface area contributed by atoms with E-state index in [4.69, 9.17) is 16.3 Å². The molecule has 0 bridgehead atoms. The first-order chi connectivity index (χ1) is 15.2. The second-order valence-electron chi connectivity index (χ2n) is 8.43. The van der Waals surface area contributed by atoms with Crippen molar-refractivity contribution in [3.63, 3.8) is 0 Å². The molecular formula is C25H26ClN3O2. The summed E-state index contributed by atoms with van der Waals surface area (Å²) in [6.07, 6.45) is 10.2. The van der Waals surface area contributed by atoms with Gasteiger partial charge in [0.2, 0.25) is 0 Å². The van der Waals surface area contributed by atoms with Crippen molar-refractivity contribution >= 4 is 17.5 Å². The summed E-state index contributed by atoms with van der Waals surface area (Å²) >= 11 is 6.77. The Morgan fingerprint density at radius 1 is 1.16 bits per heavy atom. The maximum atomic E-state index is 13.2. The van der Waals surface area contributed by atoms with Crippen molar-refractivity contribution in [2.75, 3.05) is 7.11 Å². The average Bonchev–Trinajstić information content (AvgIpc) is 3.44. The number of ether oxygens (including phenoxy) is 1. The minimum atomic E-state index is 0.113. The van der Waals surface area contributed by atoms with Gasteiger partial charge in [-0.05, 0) is 42.7 Å². The summed E-state index contributed by atoms with van der Waals surface area (Å²) in [4.78, 5) is 15.3. The Morgan fingerprint density at radius 2 is 1.94 bits per heavy atom. The molecule has 5 nitrogen and oxygen atoms in total. The van der Waals surface area contributed by atoms with Crippen LogP contribution >= 0.6 is 11.6 Å². The van der Waals surface area contributed by atoms with Gasteiger partial charge in [-0.15, -0.1) is 0 Å². The second kappa shape index (κ2) is 8.39. The Hall–Kier alpha value is -2.79. The zero-order valence-electron chi connectivity index (χ0n) is 17.7. The van der Waals surface area contributed by atoms with Crippen LogP contribution in [0.4, 0.5) is 0 Å². The van der Waals surface area contributed by atoms with E-state index in [2.05, 4.69) is 17.2 Å². The Kier molecular flexibility index (Phi) is 5.45. The maximum Gasteiger partial charge on any atom is 0.254 e. The predicted octanol–water partition coefficient (Wildman–Crippen LogP) is 5.41. The number of aromatic nitrogens is 2. The summed E-state index contributed by atoms with van der Waals surface area (Å²) < 4.78 is 7.52. The lowest BCUT2D eigenvalue weighted by molar-refractivity contribution is 0.0660. The van der Waals surface area contributed by atoms with Crippen molar-refractivity contribution in [3.05, 3.63) is 76.1 Å². The van der Waals surface area contributed by atoms with Gasteiger partial charge in [-0.25, -0.2) is 4.68 Å². The lowest BCUT2D eigenvalue weighted by Crippen LogP contribution is -2.36. The fraction of sp³-hybridized carbons (Fsp3) is 0.360. The zero-order chi connectivity index (χ0) is 21.4. The van der Waals surface area contributed by atoms with E-state index in [-0.39, 0.29) is 5.91 Å². The third-order valence-electron chi connectivity index (χ3n) is 6.54. The number of rotatable bonds is 5. The van der Waals surface area contributed by atoms with Crippen molar-refractivity contribution in [1.82, 2.24) is 14.7 Å². The first-order valence-corrected chi connectivity index (χ1v) is 11.3. The fourth-order valence-electron chi connectivity index (χ4n) is 4.91. The monoisotopic (exact) mass is 435 g/mol. The van der Waals surface area contributed by atoms with E-state index in [1.807, 2.05) is 40.0 Å². The van der Waals surface area contributed by atoms with Gasteiger partial charge in [0.1, 0.15) is 5.75 Å². The Morgan fingerprint density at radius 3 is 2.61 bits per heavy atom. The number of carbonyl (C=O) groups excluding carboxylic acids is 1. The second-order valence-corrected chi connectivity index (χ2v) is 8.81. The molecule has 1 aromatic heterocycles. The minimum Gasteiger partial charge on any atom is -0.495 e. The molecular weight excluding hydrogens is 410 g/mol. The Labute approximate surface area is 187 Å². The molecule has 2 aromatic carbocycles. The van der Waals surface area contributed by atoms with Gasteiger partial charge < -0.3 is 9.64 Å². The van der Waals surface area contributed by atoms with Crippen LogP contribution in [0.15, 0.2) is 48.8 Å². The van der Waals surface area contributed by atoms with Gasteiger partial charge in [-0.1, -0.05) is 43.0 Å². The van der Waals surface area contributed by atoms with E-state index in [1.165, 1.54) is 19.3 Å². The van der Waals surface area contributed by atoms with Crippen LogP contribution in [0.1, 0.15) is 59.2 Å². The highest BCUT2D eigenvalue weighted by molar-refractivity contribution is 6.33. The largest absolute Gasteiger partial charge is 0.495 e. The molecule has 31 heavy (non-hydrogen) atoms. The molecule has 6 heteroatoms. The number of carbonyl (C=O) groups is 1. The van der Waals surface area contributed by atoms with Gasteiger partial charge in [-0.2, -0.15) is 5.10 Å². The topological polar surface area (TPSA) is 47.4 Å². The quantitative estimate of drug-likeness (QED) is 0.538. The van der Waals surface area contributed by atoms with Crippen molar-refractivity contribution in [3.8, 4) is 11.4 Å². The molecule has 0 unspecified atom stereocenters. The van der Waals surface area contributed by atoms with Crippen LogP contribution < -0.4 is 4.74 Å². The van der Waals surface area contributed by atoms with Crippen molar-refractivity contribution < 1.29 is 9.53 Å². The molecule has 0 saturated heterocycles. The van der Waals surface area contributed by atoms with Gasteiger partial charge in [-0.3, -0.25) is 4.79 Å². The number of amides is 1. The molecule has 0 radical (unpaired) electrons. The number of hydrogen-bond acceptors (Lipinski definition) is 3. The van der Waals surface area contributed by atoms with Gasteiger partial charge in [0.15, 0.2) is 0 Å². The average molecular weight is 436 g/mol. The first-order valence-electron chi connectivity index (χ1n) is 10.9. The fourth-order valence-corrected chi connectivity index (χ4v) is 5.27. The molecule has 1 aliphatic heterocycles. The standard InChI is InChI=1S/C25H26ClN3O2/c1-31-24-18(14-17-8-10-20(11-9-17)29-13-5-12-27-29)15-21-22(23(24)26)16-28(25(21)30)19-6-3-2-4-7-19/h5,8-13,15,19H,2-4,6-7,14,16H2,1H3. The molecule has 1 saturated carbocycles. The van der Waals surface area contributed by atoms with E-state index in [0.717, 1.165) is 40.8 Å². The summed E-state index contributed by atoms with van der Waals surface area (Å²) in [5, 5.41) is 4.85. The number of hydrogen-bond donors (Lipinski definition) is 0. The van der Waals surface area contributed by atoms with Crippen LogP contribution in [0.3, 0.4) is 0 Å². The van der Waals surface area contributed by atoms with E-state index in [1.54, 1.807) is 13.3 Å². The summed E-state index contributed by atoms with van der Waals surface area (Å²) in [7, 11) is 1.65. The van der Waals surface area contributed by atoms with E-state index in [9.17, 15) is 4.79 Å². The normalized spacial score (nSPS) is 16.6. The van der Waals surface area contributed by atoms with E-state index < -0.39 is 0 Å². The summed E-state index contributed by atoms with van der Waals surface area (Å²) in [6.45, 7) is 0.590. The Balaban J connectivity index is 1.43. The van der Waals surface area contributed by atoms with Gasteiger partial charge in [0, 0.05) is 48.1 Å². The van der Waals surface area contributed by atoms with Crippen LogP contribution in [0.2, 0.25) is 5.02 Å². The van der Waals surface area contributed by atoms with Gasteiger partial charge in [0.05, 0.1) is 17.8 Å². The van der Waals surface area contributed by atoms with Crippen LogP contribution in [0.5, 0.6) is 5.75 Å². The molecule has 0 N–H and O–H groups in total. The third-order valence-corrected chi connectivity index (χ3v) is 6.94. The van der Waals surface area contributed by atoms with Crippen LogP contribution in [-0.2, 0) is 13.0 Å². The summed E-state index contributed by atoms with van der Waals surface area (Å²) in [5.74, 6) is 0.789. The smallest absolute Gasteiger partial charge is 0.254 e. The van der Waals surface area contributed by atoms with Crippen LogP contribution in [0, 0.1) is 0 Å². The molecule has 0 atom stereocenters. The van der Waals surface area contributed by atoms with Crippen molar-refractivity contribution in [2.24, 2.45) is 0 Å². The molecule has 1 fully saturated rings. The highest BCUT2D eigenvalue weighted by Crippen LogP contribution is 2.41. The van der Waals surface area contributed by atoms with Crippen LogP contribution in [-0.4, -0.2) is 33.7 Å². The zero-order valence-corrected chi connectivity index (χ0v) is 18.4. The lowest BCUT2D eigenvalue weighted by Gasteiger charge is -2.30. The summed E-state index contributed by atoms with van der Waals surface area (Å²) in [5.41, 5.74) is 4.72. The summed E-state index contributed by atoms with van der Waals surface area (Å²) in [6, 6.07) is 12.5. The third kappa shape index (κ3) is 3.72. The molecule has 1 amide bonds. The van der Waals surface area contributed by atoms with Crippen molar-refractivity contribution in [1.29, 1.82) is 0 Å². The predicted molar refractivity (Wildman–Crippen MR) is 121 cm³/mol. The Bertz CT molecular complexity index is 1090. The SMILES string of the molecule is COc1c(Cc2ccc(-n3cccn3)cc2)cc2c(c1Cl)CN(C1CCCCC1)C2=O. The van der Waals surface area contributed by atoms with Crippen LogP contribution in [0.25, 0.3) is 5.69 Å². The van der Waals surface area contributed by atoms with Crippen molar-refractivity contribution in [2.45, 2.75) is 51.1 Å². The van der Waals surface area contributed by atoms with Gasteiger partial charge >= 0.3 is 0 Å². The number of fused-ring (bicyclic) bond motifs is 1. The number of halogens is 1. The number of methoxy groups -OCH3 is 1. The van der Waals surface area contributed by atoms with E-state index >= 15 is 0 Å². The number of benzene rings is 2. The molecule has 160 valence electrons. The van der Waals surface area contributed by atoms with E-state index in [0.29, 0.717) is 29.8 Å². The number of nitrogens with zero attached hydrogens (tertiary/aromatic N) is 3. The molecule has 3 aromatic rings. The molecule has 5 rings (SSSR count). The molecule has 2 aliphatic rings. The molecule has 2 heterocycles. The maximum absolute atomic E-state index is 13.2. The highest BCUT2D eigenvalue weighted by atomic mass is 35.5. The molecule has 1 aliphatic carbocycles. The molecule has 0 spiro atoms. The minimum absolute atomic E-state index is 0.113. The van der Waals surface area contributed by atoms with Gasteiger partial charge in [0.25, 0.3) is 5.91 Å². The lowest BCUT2D eigenvalue weighted by atomic mass is 9.94. The highest BCUT2D eigenvalue weighted by Gasteiger charge is 2.36.